The van der Waals surface area contributed by atoms with Gasteiger partial charge in [0.25, 0.3) is 11.8 Å². The van der Waals surface area contributed by atoms with Gasteiger partial charge in [0, 0.05) is 5.69 Å². The molecule has 0 fully saturated rings. The van der Waals surface area contributed by atoms with Gasteiger partial charge in [0.2, 0.25) is 11.9 Å². The average molecular weight is 390 g/mol. The van der Waals surface area contributed by atoms with Crippen molar-refractivity contribution in [2.24, 2.45) is 0 Å². The lowest BCUT2D eigenvalue weighted by Gasteiger charge is -2.13. The second-order valence-electron chi connectivity index (χ2n) is 6.73. The maximum atomic E-state index is 12.4. The molecule has 1 N–H and O–H groups in total. The highest BCUT2D eigenvalue weighted by Crippen LogP contribution is 2.22. The van der Waals surface area contributed by atoms with Crippen molar-refractivity contribution in [1.29, 1.82) is 0 Å². The van der Waals surface area contributed by atoms with Crippen molar-refractivity contribution in [2.45, 2.75) is 20.8 Å². The Bertz CT molecular complexity index is 1110. The highest BCUT2D eigenvalue weighted by atomic mass is 16.2. The third-order valence-corrected chi connectivity index (χ3v) is 4.81. The summed E-state index contributed by atoms with van der Waals surface area (Å²) in [7, 11) is 0. The van der Waals surface area contributed by atoms with Gasteiger partial charge >= 0.3 is 0 Å². The summed E-state index contributed by atoms with van der Waals surface area (Å²) in [6.07, 6.45) is 2.94. The fourth-order valence-electron chi connectivity index (χ4n) is 3.30. The van der Waals surface area contributed by atoms with Crippen LogP contribution in [0.5, 0.6) is 0 Å². The third kappa shape index (κ3) is 3.16. The summed E-state index contributed by atoms with van der Waals surface area (Å²) in [4.78, 5) is 50.9. The van der Waals surface area contributed by atoms with Crippen LogP contribution in [0.4, 0.5) is 5.69 Å². The fourth-order valence-corrected chi connectivity index (χ4v) is 3.30. The molecule has 1 aliphatic rings. The van der Waals surface area contributed by atoms with Crippen LogP contribution in [0.25, 0.3) is 5.95 Å². The van der Waals surface area contributed by atoms with Crippen LogP contribution >= 0.6 is 0 Å². The number of nitrogens with one attached hydrogen (secondary N) is 1. The number of benzene rings is 1. The molecule has 3 aromatic rings. The second kappa shape index (κ2) is 6.93. The van der Waals surface area contributed by atoms with Crippen LogP contribution in [0.15, 0.2) is 36.7 Å². The minimum absolute atomic E-state index is 0.305. The molecule has 4 rings (SSSR count). The number of aryl methyl sites for hydroxylation is 2. The molecule has 3 heterocycles. The highest BCUT2D eigenvalue weighted by molar-refractivity contribution is 6.22. The molecule has 3 amide bonds. The molecular weight excluding hydrogens is 372 g/mol. The Hall–Kier alpha value is -3.88. The van der Waals surface area contributed by atoms with Crippen molar-refractivity contribution in [3.05, 3.63) is 65.0 Å². The lowest BCUT2D eigenvalue weighted by molar-refractivity contribution is -0.116. The van der Waals surface area contributed by atoms with Crippen molar-refractivity contribution < 1.29 is 14.4 Å². The van der Waals surface area contributed by atoms with Gasteiger partial charge in [0.15, 0.2) is 0 Å². The van der Waals surface area contributed by atoms with Gasteiger partial charge in [-0.1, -0.05) is 12.1 Å². The van der Waals surface area contributed by atoms with Crippen LogP contribution in [-0.4, -0.2) is 48.7 Å². The molecule has 0 atom stereocenters. The zero-order valence-electron chi connectivity index (χ0n) is 16.1. The smallest absolute Gasteiger partial charge is 0.262 e. The SMILES string of the molecule is Cc1nc(C)n(-c2ncc(NC(=O)CN3C(=O)c4ccccc4C3=O)cn2)c1C. The number of hydrogen-bond acceptors (Lipinski definition) is 6. The van der Waals surface area contributed by atoms with Crippen molar-refractivity contribution >= 4 is 23.4 Å². The minimum atomic E-state index is -0.512. The third-order valence-electron chi connectivity index (χ3n) is 4.81. The van der Waals surface area contributed by atoms with Gasteiger partial charge in [0.1, 0.15) is 12.4 Å². The van der Waals surface area contributed by atoms with E-state index in [1.807, 2.05) is 25.3 Å². The molecule has 146 valence electrons. The number of aromatic nitrogens is 4. The molecule has 0 unspecified atom stereocenters. The van der Waals surface area contributed by atoms with Crippen LogP contribution in [0.3, 0.4) is 0 Å². The summed E-state index contributed by atoms with van der Waals surface area (Å²) in [5, 5.41) is 2.61. The lowest BCUT2D eigenvalue weighted by Crippen LogP contribution is -2.37. The predicted octanol–water partition coefficient (Wildman–Crippen LogP) is 1.82. The molecule has 2 aromatic heterocycles. The number of hydrogen-bond donors (Lipinski definition) is 1. The van der Waals surface area contributed by atoms with E-state index in [0.717, 1.165) is 22.1 Å². The van der Waals surface area contributed by atoms with E-state index in [1.54, 1.807) is 24.3 Å². The monoisotopic (exact) mass is 390 g/mol. The van der Waals surface area contributed by atoms with Crippen molar-refractivity contribution in [2.75, 3.05) is 11.9 Å². The molecular formula is C20H18N6O3. The van der Waals surface area contributed by atoms with Gasteiger partial charge in [-0.05, 0) is 32.9 Å². The van der Waals surface area contributed by atoms with Crippen LogP contribution in [0.1, 0.15) is 37.9 Å². The van der Waals surface area contributed by atoms with Crippen LogP contribution in [0.2, 0.25) is 0 Å². The van der Waals surface area contributed by atoms with Gasteiger partial charge < -0.3 is 5.32 Å². The number of carbonyl (C=O) groups excluding carboxylic acids is 3. The first-order valence-electron chi connectivity index (χ1n) is 8.97. The van der Waals surface area contributed by atoms with Gasteiger partial charge in [-0.2, -0.15) is 0 Å². The van der Waals surface area contributed by atoms with Gasteiger partial charge in [-0.3, -0.25) is 23.9 Å². The molecule has 0 aliphatic carbocycles. The number of carbonyl (C=O) groups is 3. The Kier molecular flexibility index (Phi) is 4.42. The summed E-state index contributed by atoms with van der Waals surface area (Å²) in [6.45, 7) is 5.32. The van der Waals surface area contributed by atoms with Crippen LogP contribution in [0, 0.1) is 20.8 Å². The van der Waals surface area contributed by atoms with E-state index in [1.165, 1.54) is 12.4 Å². The van der Waals surface area contributed by atoms with Gasteiger partial charge in [-0.25, -0.2) is 15.0 Å². The maximum absolute atomic E-state index is 12.4. The molecule has 0 saturated heterocycles. The van der Waals surface area contributed by atoms with Crippen molar-refractivity contribution in [3.63, 3.8) is 0 Å². The summed E-state index contributed by atoms with van der Waals surface area (Å²) >= 11 is 0. The quantitative estimate of drug-likeness (QED) is 0.681. The molecule has 0 bridgehead atoms. The van der Waals surface area contributed by atoms with E-state index in [9.17, 15) is 14.4 Å². The van der Waals surface area contributed by atoms with E-state index in [2.05, 4.69) is 20.3 Å². The number of anilines is 1. The molecule has 0 spiro atoms. The first kappa shape index (κ1) is 18.5. The molecule has 1 aliphatic heterocycles. The Morgan fingerprint density at radius 3 is 2.10 bits per heavy atom. The summed E-state index contributed by atoms with van der Waals surface area (Å²) in [5.41, 5.74) is 2.80. The number of fused-ring (bicyclic) bond motifs is 1. The van der Waals surface area contributed by atoms with E-state index >= 15 is 0 Å². The second-order valence-corrected chi connectivity index (χ2v) is 6.73. The van der Waals surface area contributed by atoms with Crippen molar-refractivity contribution in [3.8, 4) is 5.95 Å². The number of nitrogens with zero attached hydrogens (tertiary/aromatic N) is 5. The number of imide groups is 1. The largest absolute Gasteiger partial charge is 0.322 e. The van der Waals surface area contributed by atoms with Gasteiger partial charge in [0.05, 0.1) is 34.9 Å². The molecule has 9 heteroatoms. The number of imidazole rings is 1. The predicted molar refractivity (Wildman–Crippen MR) is 104 cm³/mol. The lowest BCUT2D eigenvalue weighted by atomic mass is 10.1. The molecule has 0 saturated carbocycles. The Balaban J connectivity index is 1.46. The summed E-state index contributed by atoms with van der Waals surface area (Å²) < 4.78 is 1.82. The maximum Gasteiger partial charge on any atom is 0.262 e. The first-order chi connectivity index (χ1) is 13.9. The Morgan fingerprint density at radius 1 is 1.00 bits per heavy atom. The van der Waals surface area contributed by atoms with Crippen LogP contribution in [-0.2, 0) is 4.79 Å². The number of rotatable bonds is 4. The highest BCUT2D eigenvalue weighted by Gasteiger charge is 2.36. The summed E-state index contributed by atoms with van der Waals surface area (Å²) in [5.74, 6) is -0.259. The Morgan fingerprint density at radius 2 is 1.59 bits per heavy atom. The fraction of sp³-hybridized carbons (Fsp3) is 0.200. The average Bonchev–Trinajstić information content (AvgIpc) is 3.10. The minimum Gasteiger partial charge on any atom is -0.322 e. The topological polar surface area (TPSA) is 110 Å². The van der Waals surface area contributed by atoms with Gasteiger partial charge in [-0.15, -0.1) is 0 Å². The standard InChI is InChI=1S/C20H18N6O3/c1-11-12(2)26(13(3)23-11)20-21-8-14(9-22-20)24-17(27)10-25-18(28)15-6-4-5-7-16(15)19(25)29/h4-9H,10H2,1-3H3,(H,24,27). The number of amides is 3. The van der Waals surface area contributed by atoms with Crippen LogP contribution < -0.4 is 5.32 Å². The zero-order chi connectivity index (χ0) is 20.7. The zero-order valence-corrected chi connectivity index (χ0v) is 16.1. The Labute approximate surface area is 166 Å². The van der Waals surface area contributed by atoms with E-state index in [-0.39, 0.29) is 6.54 Å². The molecule has 9 nitrogen and oxygen atoms in total. The summed E-state index contributed by atoms with van der Waals surface area (Å²) in [6, 6.07) is 6.50. The molecule has 1 aromatic carbocycles. The van der Waals surface area contributed by atoms with E-state index < -0.39 is 17.7 Å². The molecule has 0 radical (unpaired) electrons. The molecule has 29 heavy (non-hydrogen) atoms. The van der Waals surface area contributed by atoms with E-state index in [4.69, 9.17) is 0 Å². The normalized spacial score (nSPS) is 13.0. The van der Waals surface area contributed by atoms with Crippen molar-refractivity contribution in [1.82, 2.24) is 24.4 Å². The van der Waals surface area contributed by atoms with E-state index in [0.29, 0.717) is 22.8 Å². The first-order valence-corrected chi connectivity index (χ1v) is 8.97.